The fourth-order valence-corrected chi connectivity index (χ4v) is 2.07. The molecule has 0 radical (unpaired) electrons. The Morgan fingerprint density at radius 3 is 2.63 bits per heavy atom. The molecule has 0 saturated carbocycles. The molecule has 1 aliphatic carbocycles. The Hall–Kier alpha value is -1.63. The van der Waals surface area contributed by atoms with Crippen molar-refractivity contribution in [2.24, 2.45) is 0 Å². The fourth-order valence-electron chi connectivity index (χ4n) is 2.07. The average molecular weight is 256 g/mol. The summed E-state index contributed by atoms with van der Waals surface area (Å²) < 4.78 is 7.84. The van der Waals surface area contributed by atoms with Gasteiger partial charge in [-0.3, -0.25) is 0 Å². The number of aryl methyl sites for hydroxylation is 1. The van der Waals surface area contributed by atoms with Gasteiger partial charge in [0.2, 0.25) is 0 Å². The summed E-state index contributed by atoms with van der Waals surface area (Å²) in [7, 11) is 0. The third-order valence-corrected chi connectivity index (χ3v) is 3.15. The normalized spacial score (nSPS) is 12.9. The van der Waals surface area contributed by atoms with Crippen molar-refractivity contribution in [3.63, 3.8) is 0 Å². The number of rotatable bonds is 9. The lowest BCUT2D eigenvalue weighted by atomic mass is 10.2. The van der Waals surface area contributed by atoms with Gasteiger partial charge < -0.3 is 4.74 Å². The van der Waals surface area contributed by atoms with E-state index in [2.05, 4.69) is 47.0 Å². The maximum absolute atomic E-state index is 5.61. The maximum atomic E-state index is 5.61. The van der Waals surface area contributed by atoms with Gasteiger partial charge in [0.25, 0.3) is 0 Å². The second kappa shape index (κ2) is 8.47. The summed E-state index contributed by atoms with van der Waals surface area (Å²) in [6.07, 6.45) is 15.1. The Morgan fingerprint density at radius 1 is 1.00 bits per heavy atom. The summed E-state index contributed by atoms with van der Waals surface area (Å²) in [4.78, 5) is 0. The van der Waals surface area contributed by atoms with Crippen molar-refractivity contribution >= 4 is 0 Å². The molecule has 0 N–H and O–H groups in total. The van der Waals surface area contributed by atoms with E-state index in [-0.39, 0.29) is 0 Å². The monoisotopic (exact) mass is 256 g/mol. The van der Waals surface area contributed by atoms with E-state index in [0.29, 0.717) is 6.61 Å². The van der Waals surface area contributed by atoms with E-state index in [1.807, 2.05) is 12.2 Å². The quantitative estimate of drug-likeness (QED) is 0.376. The fraction of sp³-hybridized carbons (Fsp3) is 0.412. The lowest BCUT2D eigenvalue weighted by molar-refractivity contribution is -0.697. The zero-order chi connectivity index (χ0) is 13.2. The van der Waals surface area contributed by atoms with E-state index in [0.717, 1.165) is 25.1 Å². The van der Waals surface area contributed by atoms with Gasteiger partial charge >= 0.3 is 0 Å². The van der Waals surface area contributed by atoms with E-state index in [9.17, 15) is 0 Å². The first kappa shape index (κ1) is 13.8. The molecule has 0 spiro atoms. The second-order valence-electron chi connectivity index (χ2n) is 4.78. The summed E-state index contributed by atoms with van der Waals surface area (Å²) in [5.74, 6) is 0. The molecule has 0 amide bonds. The van der Waals surface area contributed by atoms with Crippen LogP contribution >= 0.6 is 0 Å². The van der Waals surface area contributed by atoms with Crippen molar-refractivity contribution in [2.45, 2.75) is 32.2 Å². The lowest BCUT2D eigenvalue weighted by Gasteiger charge is -2.03. The van der Waals surface area contributed by atoms with Crippen LogP contribution in [0.25, 0.3) is 0 Å². The molecule has 19 heavy (non-hydrogen) atoms. The zero-order valence-corrected chi connectivity index (χ0v) is 11.4. The molecule has 0 atom stereocenters. The molecule has 2 heteroatoms. The molecule has 1 aromatic rings. The molecule has 1 aliphatic rings. The van der Waals surface area contributed by atoms with Crippen LogP contribution in [0.1, 0.15) is 25.7 Å². The lowest BCUT2D eigenvalue weighted by Crippen LogP contribution is -2.32. The molecule has 0 saturated heterocycles. The predicted octanol–water partition coefficient (Wildman–Crippen LogP) is 3.20. The standard InChI is InChI=1S/C17H22NO/c1(6-12-18-13-7-3-8-14-18)2-9-15-19-16-17-10-4-5-11-17/h3-5,7-8,10,13-14H,1-2,6,9,12,15-16H2/q+1. The Kier molecular flexibility index (Phi) is 6.15. The number of aromatic nitrogens is 1. The van der Waals surface area contributed by atoms with E-state index in [1.165, 1.54) is 19.3 Å². The predicted molar refractivity (Wildman–Crippen MR) is 76.7 cm³/mol. The maximum Gasteiger partial charge on any atom is 0.168 e. The average Bonchev–Trinajstić information content (AvgIpc) is 2.96. The third kappa shape index (κ3) is 5.69. The SMILES string of the molecule is C1=CC=CC=1COCCCCCC[n+]1ccccc1. The first-order valence-corrected chi connectivity index (χ1v) is 7.09. The smallest absolute Gasteiger partial charge is 0.168 e. The van der Waals surface area contributed by atoms with Crippen LogP contribution in [0.4, 0.5) is 0 Å². The number of hydrogen-bond donors (Lipinski definition) is 0. The first-order valence-electron chi connectivity index (χ1n) is 7.09. The molecule has 1 heterocycles. The van der Waals surface area contributed by atoms with Crippen LogP contribution in [0.5, 0.6) is 0 Å². The highest BCUT2D eigenvalue weighted by atomic mass is 16.5. The van der Waals surface area contributed by atoms with Crippen molar-refractivity contribution in [3.05, 3.63) is 60.1 Å². The molecule has 2 nitrogen and oxygen atoms in total. The van der Waals surface area contributed by atoms with Crippen LogP contribution in [-0.2, 0) is 11.3 Å². The van der Waals surface area contributed by atoms with Gasteiger partial charge in [0.05, 0.1) is 6.61 Å². The van der Waals surface area contributed by atoms with Crippen molar-refractivity contribution in [1.82, 2.24) is 0 Å². The van der Waals surface area contributed by atoms with Gasteiger partial charge in [-0.15, -0.1) is 5.73 Å². The van der Waals surface area contributed by atoms with Gasteiger partial charge in [0.1, 0.15) is 6.54 Å². The van der Waals surface area contributed by atoms with Crippen LogP contribution in [0, 0.1) is 0 Å². The minimum atomic E-state index is 0.701. The highest BCUT2D eigenvalue weighted by molar-refractivity contribution is 5.29. The summed E-state index contributed by atoms with van der Waals surface area (Å²) in [5.41, 5.74) is 4.29. The van der Waals surface area contributed by atoms with E-state index in [4.69, 9.17) is 4.74 Å². The molecular formula is C17H22NO+. The Morgan fingerprint density at radius 2 is 1.84 bits per heavy atom. The Balaban J connectivity index is 1.42. The minimum absolute atomic E-state index is 0.701. The number of unbranched alkanes of at least 4 members (excludes halogenated alkanes) is 3. The molecular weight excluding hydrogens is 234 g/mol. The summed E-state index contributed by atoms with van der Waals surface area (Å²) >= 11 is 0. The van der Waals surface area contributed by atoms with Crippen molar-refractivity contribution in [3.8, 4) is 0 Å². The molecule has 0 unspecified atom stereocenters. The summed E-state index contributed by atoms with van der Waals surface area (Å²) in [6.45, 7) is 2.68. The number of allylic oxidation sites excluding steroid dienone is 1. The van der Waals surface area contributed by atoms with E-state index >= 15 is 0 Å². The Bertz CT molecular complexity index is 455. The molecule has 2 rings (SSSR count). The van der Waals surface area contributed by atoms with Gasteiger partial charge in [-0.1, -0.05) is 18.6 Å². The van der Waals surface area contributed by atoms with E-state index < -0.39 is 0 Å². The van der Waals surface area contributed by atoms with Crippen molar-refractivity contribution in [2.75, 3.05) is 13.2 Å². The van der Waals surface area contributed by atoms with Crippen LogP contribution < -0.4 is 4.57 Å². The van der Waals surface area contributed by atoms with Crippen molar-refractivity contribution < 1.29 is 9.30 Å². The first-order chi connectivity index (χ1) is 9.45. The highest BCUT2D eigenvalue weighted by Gasteiger charge is 1.98. The number of nitrogens with zero attached hydrogens (tertiary/aromatic N) is 1. The van der Waals surface area contributed by atoms with Crippen LogP contribution in [0.3, 0.4) is 0 Å². The van der Waals surface area contributed by atoms with Crippen LogP contribution in [0.15, 0.2) is 60.1 Å². The van der Waals surface area contributed by atoms with Gasteiger partial charge in [0.15, 0.2) is 12.4 Å². The molecule has 1 aromatic heterocycles. The van der Waals surface area contributed by atoms with Crippen LogP contribution in [0.2, 0.25) is 0 Å². The van der Waals surface area contributed by atoms with Crippen LogP contribution in [-0.4, -0.2) is 13.2 Å². The second-order valence-corrected chi connectivity index (χ2v) is 4.78. The number of hydrogen-bond acceptors (Lipinski definition) is 1. The van der Waals surface area contributed by atoms with Gasteiger partial charge in [-0.2, -0.15) is 0 Å². The number of ether oxygens (including phenoxy) is 1. The highest BCUT2D eigenvalue weighted by Crippen LogP contribution is 2.04. The van der Waals surface area contributed by atoms with E-state index in [1.54, 1.807) is 0 Å². The largest absolute Gasteiger partial charge is 0.376 e. The Labute approximate surface area is 115 Å². The van der Waals surface area contributed by atoms with Gasteiger partial charge in [-0.05, 0) is 25.0 Å². The zero-order valence-electron chi connectivity index (χ0n) is 11.4. The van der Waals surface area contributed by atoms with Gasteiger partial charge in [-0.25, -0.2) is 4.57 Å². The third-order valence-electron chi connectivity index (χ3n) is 3.15. The minimum Gasteiger partial charge on any atom is -0.376 e. The molecule has 100 valence electrons. The molecule has 0 aliphatic heterocycles. The number of pyridine rings is 1. The van der Waals surface area contributed by atoms with Crippen molar-refractivity contribution in [1.29, 1.82) is 0 Å². The summed E-state index contributed by atoms with van der Waals surface area (Å²) in [6, 6.07) is 6.21. The van der Waals surface area contributed by atoms with Gasteiger partial charge in [0, 0.05) is 30.7 Å². The summed E-state index contributed by atoms with van der Waals surface area (Å²) in [5, 5.41) is 0. The molecule has 0 bridgehead atoms. The molecule has 0 aromatic carbocycles. The molecule has 0 fully saturated rings. The topological polar surface area (TPSA) is 13.1 Å².